The summed E-state index contributed by atoms with van der Waals surface area (Å²) in [6.45, 7) is 0. The first kappa shape index (κ1) is 16.5. The minimum Gasteiger partial charge on any atom is -0.0622 e. The third-order valence-electron chi connectivity index (χ3n) is 5.21. The van der Waals surface area contributed by atoms with Crippen LogP contribution >= 0.6 is 0 Å². The highest BCUT2D eigenvalue weighted by Crippen LogP contribution is 2.40. The van der Waals surface area contributed by atoms with Crippen LogP contribution in [0.4, 0.5) is 0 Å². The Hall–Kier alpha value is -3.64. The first-order chi connectivity index (χ1) is 13.9. The van der Waals surface area contributed by atoms with Gasteiger partial charge in [-0.05, 0) is 50.2 Å². The molecule has 5 aromatic carbocycles. The van der Waals surface area contributed by atoms with Crippen LogP contribution in [0.5, 0.6) is 0 Å². The molecule has 0 heteroatoms. The van der Waals surface area contributed by atoms with Crippen LogP contribution in [0.3, 0.4) is 0 Å². The summed E-state index contributed by atoms with van der Waals surface area (Å²) in [5.41, 5.74) is 7.32. The highest BCUT2D eigenvalue weighted by atomic mass is 14.2. The summed E-state index contributed by atoms with van der Waals surface area (Å²) in [6, 6.07) is 44.0. The van der Waals surface area contributed by atoms with E-state index < -0.39 is 0 Å². The molecule has 0 bridgehead atoms. The van der Waals surface area contributed by atoms with Gasteiger partial charge < -0.3 is 0 Å². The van der Waals surface area contributed by atoms with Crippen molar-refractivity contribution in [3.05, 3.63) is 121 Å². The van der Waals surface area contributed by atoms with Crippen molar-refractivity contribution in [2.45, 2.75) is 0 Å². The van der Waals surface area contributed by atoms with E-state index >= 15 is 0 Å². The molecule has 0 unspecified atom stereocenters. The van der Waals surface area contributed by atoms with Crippen LogP contribution in [0.1, 0.15) is 0 Å². The van der Waals surface area contributed by atoms with Crippen molar-refractivity contribution in [3.8, 4) is 33.4 Å². The maximum absolute atomic E-state index is 3.45. The van der Waals surface area contributed by atoms with E-state index in [1.807, 2.05) is 12.1 Å². The van der Waals surface area contributed by atoms with Crippen LogP contribution < -0.4 is 0 Å². The molecule has 0 aromatic heterocycles. The largest absolute Gasteiger partial charge is 0.0622 e. The Labute approximate surface area is 165 Å². The maximum atomic E-state index is 3.45. The van der Waals surface area contributed by atoms with Crippen molar-refractivity contribution >= 4 is 10.8 Å². The van der Waals surface area contributed by atoms with Crippen LogP contribution in [0.25, 0.3) is 44.2 Å². The van der Waals surface area contributed by atoms with Gasteiger partial charge in [-0.25, -0.2) is 0 Å². The first-order valence-electron chi connectivity index (χ1n) is 9.55. The zero-order chi connectivity index (χ0) is 18.8. The molecule has 5 aromatic rings. The molecular weight excluding hydrogens is 336 g/mol. The highest BCUT2D eigenvalue weighted by Gasteiger charge is 2.14. The number of hydrogen-bond donors (Lipinski definition) is 0. The summed E-state index contributed by atoms with van der Waals surface area (Å²) in [5.74, 6) is 0. The van der Waals surface area contributed by atoms with Crippen LogP contribution in [0.15, 0.2) is 115 Å². The monoisotopic (exact) mass is 355 g/mol. The fourth-order valence-corrected chi connectivity index (χ4v) is 3.92. The average Bonchev–Trinajstić information content (AvgIpc) is 2.79. The van der Waals surface area contributed by atoms with Crippen molar-refractivity contribution in [2.24, 2.45) is 0 Å². The smallest absolute Gasteiger partial charge is 0.00204 e. The van der Waals surface area contributed by atoms with Crippen molar-refractivity contribution in [1.82, 2.24) is 0 Å². The second kappa shape index (κ2) is 7.17. The summed E-state index contributed by atoms with van der Waals surface area (Å²) in [6.07, 6.45) is 0. The Morgan fingerprint density at radius 2 is 1.11 bits per heavy atom. The number of fused-ring (bicyclic) bond motifs is 1. The number of hydrogen-bond acceptors (Lipinski definition) is 0. The minimum atomic E-state index is 1.12. The lowest BCUT2D eigenvalue weighted by atomic mass is 9.87. The van der Waals surface area contributed by atoms with Gasteiger partial charge in [0.1, 0.15) is 0 Å². The predicted molar refractivity (Wildman–Crippen MR) is 119 cm³/mol. The average molecular weight is 355 g/mol. The third-order valence-corrected chi connectivity index (χ3v) is 5.21. The second-order valence-corrected chi connectivity index (χ2v) is 6.90. The fourth-order valence-electron chi connectivity index (χ4n) is 3.92. The van der Waals surface area contributed by atoms with E-state index in [4.69, 9.17) is 0 Å². The van der Waals surface area contributed by atoms with Crippen molar-refractivity contribution in [3.63, 3.8) is 0 Å². The molecule has 28 heavy (non-hydrogen) atoms. The summed E-state index contributed by atoms with van der Waals surface area (Å²) in [7, 11) is 0. The van der Waals surface area contributed by atoms with Gasteiger partial charge in [0.25, 0.3) is 0 Å². The second-order valence-electron chi connectivity index (χ2n) is 6.90. The summed E-state index contributed by atoms with van der Waals surface area (Å²) < 4.78 is 0. The molecule has 0 N–H and O–H groups in total. The van der Waals surface area contributed by atoms with Gasteiger partial charge in [-0.15, -0.1) is 0 Å². The van der Waals surface area contributed by atoms with Gasteiger partial charge in [0, 0.05) is 0 Å². The van der Waals surface area contributed by atoms with Crippen LogP contribution in [-0.2, 0) is 0 Å². The quantitative estimate of drug-likeness (QED) is 0.312. The molecule has 0 aliphatic rings. The molecule has 0 spiro atoms. The molecule has 0 nitrogen and oxygen atoms in total. The lowest BCUT2D eigenvalue weighted by Gasteiger charge is -2.16. The Balaban J connectivity index is 1.86. The van der Waals surface area contributed by atoms with Crippen molar-refractivity contribution in [2.75, 3.05) is 0 Å². The topological polar surface area (TPSA) is 0 Å². The number of benzene rings is 5. The van der Waals surface area contributed by atoms with Crippen LogP contribution in [-0.4, -0.2) is 0 Å². The Bertz CT molecular complexity index is 1220. The van der Waals surface area contributed by atoms with E-state index in [2.05, 4.69) is 109 Å². The van der Waals surface area contributed by atoms with E-state index in [0.29, 0.717) is 0 Å². The standard InChI is InChI=1S/C28H19/c1-4-11-21(12-5-1)24-17-10-18-27-26(24)20-19-25(22-13-6-2-7-14-22)28(27)23-15-8-3-9-16-23/h1-15,17-20H. The number of rotatable bonds is 3. The van der Waals surface area contributed by atoms with Crippen LogP contribution in [0, 0.1) is 6.07 Å². The molecule has 5 rings (SSSR count). The van der Waals surface area contributed by atoms with E-state index in [1.165, 1.54) is 38.6 Å². The van der Waals surface area contributed by atoms with E-state index in [-0.39, 0.29) is 0 Å². The van der Waals surface area contributed by atoms with Gasteiger partial charge in [-0.2, -0.15) is 0 Å². The molecular formula is C28H19. The van der Waals surface area contributed by atoms with Gasteiger partial charge >= 0.3 is 0 Å². The molecule has 0 aliphatic heterocycles. The molecule has 0 saturated carbocycles. The Kier molecular flexibility index (Phi) is 4.23. The summed E-state index contributed by atoms with van der Waals surface area (Å²) in [4.78, 5) is 0. The third kappa shape index (κ3) is 2.90. The van der Waals surface area contributed by atoms with Gasteiger partial charge in [-0.1, -0.05) is 115 Å². The van der Waals surface area contributed by atoms with Gasteiger partial charge in [0.15, 0.2) is 0 Å². The molecule has 0 amide bonds. The maximum Gasteiger partial charge on any atom is -0.00204 e. The minimum absolute atomic E-state index is 1.12. The van der Waals surface area contributed by atoms with Gasteiger partial charge in [0.05, 0.1) is 0 Å². The van der Waals surface area contributed by atoms with Gasteiger partial charge in [0.2, 0.25) is 0 Å². The first-order valence-corrected chi connectivity index (χ1v) is 9.55. The van der Waals surface area contributed by atoms with E-state index in [1.54, 1.807) is 0 Å². The molecule has 0 saturated heterocycles. The zero-order valence-electron chi connectivity index (χ0n) is 15.5. The van der Waals surface area contributed by atoms with E-state index in [0.717, 1.165) is 5.56 Å². The van der Waals surface area contributed by atoms with Crippen LogP contribution in [0.2, 0.25) is 0 Å². The lowest BCUT2D eigenvalue weighted by molar-refractivity contribution is 1.59. The predicted octanol–water partition coefficient (Wildman–Crippen LogP) is 7.64. The molecule has 131 valence electrons. The summed E-state index contributed by atoms with van der Waals surface area (Å²) >= 11 is 0. The normalized spacial score (nSPS) is 10.9. The molecule has 0 heterocycles. The van der Waals surface area contributed by atoms with Crippen molar-refractivity contribution in [1.29, 1.82) is 0 Å². The van der Waals surface area contributed by atoms with E-state index in [9.17, 15) is 0 Å². The fraction of sp³-hybridized carbons (Fsp3) is 0. The highest BCUT2D eigenvalue weighted by molar-refractivity contribution is 6.09. The SMILES string of the molecule is [c]1ccccc1-c1c(-c2ccccc2)ccc2c(-c3ccccc3)cccc12. The zero-order valence-corrected chi connectivity index (χ0v) is 15.5. The Morgan fingerprint density at radius 3 is 1.79 bits per heavy atom. The summed E-state index contributed by atoms with van der Waals surface area (Å²) in [5, 5.41) is 2.52. The molecule has 0 aliphatic carbocycles. The lowest BCUT2D eigenvalue weighted by Crippen LogP contribution is -1.90. The van der Waals surface area contributed by atoms with Crippen molar-refractivity contribution < 1.29 is 0 Å². The molecule has 1 radical (unpaired) electrons. The molecule has 0 fully saturated rings. The van der Waals surface area contributed by atoms with Gasteiger partial charge in [-0.3, -0.25) is 0 Å². The Morgan fingerprint density at radius 1 is 0.429 bits per heavy atom. The molecule has 0 atom stereocenters.